The molecule has 1 aromatic rings. The molecule has 158 valence electrons. The first-order chi connectivity index (χ1) is 14.5. The summed E-state index contributed by atoms with van der Waals surface area (Å²) in [6.45, 7) is 3.63. The van der Waals surface area contributed by atoms with E-state index in [0.29, 0.717) is 36.8 Å². The van der Waals surface area contributed by atoms with Crippen molar-refractivity contribution in [2.75, 3.05) is 18.9 Å². The Labute approximate surface area is 178 Å². The van der Waals surface area contributed by atoms with Gasteiger partial charge in [-0.2, -0.15) is 0 Å². The lowest BCUT2D eigenvalue weighted by Crippen LogP contribution is -2.44. The van der Waals surface area contributed by atoms with Gasteiger partial charge in [0, 0.05) is 29.9 Å². The second-order valence-corrected chi connectivity index (χ2v) is 10.2. The van der Waals surface area contributed by atoms with Crippen molar-refractivity contribution in [1.29, 1.82) is 0 Å². The third-order valence-corrected chi connectivity index (χ3v) is 8.72. The second-order valence-electron chi connectivity index (χ2n) is 10.2. The molecule has 0 aromatic heterocycles. The van der Waals surface area contributed by atoms with Crippen molar-refractivity contribution < 1.29 is 14.3 Å². The number of rotatable bonds is 1. The predicted molar refractivity (Wildman–Crippen MR) is 116 cm³/mol. The van der Waals surface area contributed by atoms with Gasteiger partial charge in [0.25, 0.3) is 0 Å². The van der Waals surface area contributed by atoms with E-state index in [1.807, 2.05) is 12.1 Å². The summed E-state index contributed by atoms with van der Waals surface area (Å²) in [6.07, 6.45) is 9.16. The first-order valence-corrected chi connectivity index (χ1v) is 11.6. The molecule has 1 spiro atoms. The Morgan fingerprint density at radius 1 is 1.03 bits per heavy atom. The zero-order chi connectivity index (χ0) is 20.5. The van der Waals surface area contributed by atoms with Crippen LogP contribution in [0.4, 0.5) is 5.69 Å². The molecule has 3 fully saturated rings. The highest BCUT2D eigenvalue weighted by Gasteiger charge is 2.56. The summed E-state index contributed by atoms with van der Waals surface area (Å²) in [5.74, 6) is 1.30. The van der Waals surface area contributed by atoms with E-state index in [-0.39, 0.29) is 5.41 Å². The molecule has 1 heterocycles. The zero-order valence-corrected chi connectivity index (χ0v) is 17.8. The van der Waals surface area contributed by atoms with Gasteiger partial charge in [0.05, 0.1) is 13.2 Å². The van der Waals surface area contributed by atoms with Crippen molar-refractivity contribution >= 4 is 11.5 Å². The minimum atomic E-state index is -0.491. The summed E-state index contributed by atoms with van der Waals surface area (Å²) >= 11 is 0. The third-order valence-electron chi connectivity index (χ3n) is 8.72. The number of nitrogen functional groups attached to an aromatic ring is 1. The lowest BCUT2D eigenvalue weighted by atomic mass is 9.53. The Kier molecular flexibility index (Phi) is 4.11. The van der Waals surface area contributed by atoms with Crippen molar-refractivity contribution in [3.63, 3.8) is 0 Å². The smallest absolute Gasteiger partial charge is 0.188 e. The number of ether oxygens (including phenoxy) is 2. The van der Waals surface area contributed by atoms with Crippen LogP contribution in [0.5, 0.6) is 0 Å². The lowest BCUT2D eigenvalue weighted by Gasteiger charge is -2.50. The Morgan fingerprint density at radius 2 is 1.80 bits per heavy atom. The van der Waals surface area contributed by atoms with Gasteiger partial charge in [-0.3, -0.25) is 4.79 Å². The quantitative estimate of drug-likeness (QED) is 0.674. The van der Waals surface area contributed by atoms with Gasteiger partial charge in [-0.15, -0.1) is 0 Å². The van der Waals surface area contributed by atoms with Crippen LogP contribution in [0.25, 0.3) is 0 Å². The molecule has 0 radical (unpaired) electrons. The van der Waals surface area contributed by atoms with Gasteiger partial charge in [0.1, 0.15) is 5.78 Å². The van der Waals surface area contributed by atoms with E-state index >= 15 is 0 Å². The Morgan fingerprint density at radius 3 is 2.57 bits per heavy atom. The van der Waals surface area contributed by atoms with Crippen LogP contribution in [-0.2, 0) is 14.3 Å². The maximum atomic E-state index is 13.0. The number of benzene rings is 1. The van der Waals surface area contributed by atoms with Gasteiger partial charge in [0.15, 0.2) is 5.79 Å². The minimum Gasteiger partial charge on any atom is -0.399 e. The van der Waals surface area contributed by atoms with E-state index in [4.69, 9.17) is 15.2 Å². The molecule has 2 N–H and O–H groups in total. The normalized spacial score (nSPS) is 37.0. The molecular weight excluding hydrogens is 374 g/mol. The van der Waals surface area contributed by atoms with Gasteiger partial charge in [-0.25, -0.2) is 0 Å². The minimum absolute atomic E-state index is 0.185. The second kappa shape index (κ2) is 6.54. The molecule has 4 aliphatic carbocycles. The van der Waals surface area contributed by atoms with Crippen LogP contribution in [-0.4, -0.2) is 24.8 Å². The molecule has 30 heavy (non-hydrogen) atoms. The van der Waals surface area contributed by atoms with E-state index in [9.17, 15) is 4.79 Å². The Bertz CT molecular complexity index is 953. The average molecular weight is 406 g/mol. The van der Waals surface area contributed by atoms with E-state index < -0.39 is 5.79 Å². The van der Waals surface area contributed by atoms with E-state index in [1.54, 1.807) is 11.1 Å². The fraction of sp³-hybridized carbons (Fsp3) is 0.577. The SMILES string of the molecule is C[C@]12CC(c3ccc(N)cc3)C3=C4CCC5(C=C4CCC3C1CCC2=O)OCCO5. The molecule has 4 heteroatoms. The maximum Gasteiger partial charge on any atom is 0.188 e. The topological polar surface area (TPSA) is 61.6 Å². The number of anilines is 1. The number of nitrogens with two attached hydrogens (primary N) is 1. The molecular formula is C26H31NO3. The van der Waals surface area contributed by atoms with Crippen LogP contribution in [0.2, 0.25) is 0 Å². The molecule has 5 aliphatic rings. The molecule has 3 unspecified atom stereocenters. The van der Waals surface area contributed by atoms with Crippen LogP contribution in [0.15, 0.2) is 47.1 Å². The highest BCUT2D eigenvalue weighted by molar-refractivity contribution is 5.87. The van der Waals surface area contributed by atoms with Crippen molar-refractivity contribution in [1.82, 2.24) is 0 Å². The summed E-state index contributed by atoms with van der Waals surface area (Å²) in [5.41, 5.74) is 12.5. The summed E-state index contributed by atoms with van der Waals surface area (Å²) in [5, 5.41) is 0. The third kappa shape index (κ3) is 2.63. The van der Waals surface area contributed by atoms with Crippen LogP contribution < -0.4 is 5.73 Å². The van der Waals surface area contributed by atoms with Crippen molar-refractivity contribution in [3.05, 3.63) is 52.6 Å². The van der Waals surface area contributed by atoms with Crippen LogP contribution in [0.3, 0.4) is 0 Å². The van der Waals surface area contributed by atoms with Crippen molar-refractivity contribution in [2.24, 2.45) is 17.3 Å². The van der Waals surface area contributed by atoms with Gasteiger partial charge in [-0.05, 0) is 78.9 Å². The number of fused-ring (bicyclic) bond motifs is 4. The van der Waals surface area contributed by atoms with Crippen LogP contribution in [0.1, 0.15) is 63.4 Å². The molecule has 1 aliphatic heterocycles. The number of Topliss-reactive ketones (excluding diaryl/α,β-unsaturated/α-hetero) is 1. The predicted octanol–water partition coefficient (Wildman–Crippen LogP) is 4.91. The molecule has 4 nitrogen and oxygen atoms in total. The summed E-state index contributed by atoms with van der Waals surface area (Å²) in [4.78, 5) is 13.0. The molecule has 6 rings (SSSR count). The highest BCUT2D eigenvalue weighted by atomic mass is 16.7. The average Bonchev–Trinajstić information content (AvgIpc) is 3.32. The summed E-state index contributed by atoms with van der Waals surface area (Å²) < 4.78 is 12.0. The van der Waals surface area contributed by atoms with E-state index in [1.165, 1.54) is 11.1 Å². The zero-order valence-electron chi connectivity index (χ0n) is 17.8. The molecule has 1 aromatic carbocycles. The monoisotopic (exact) mass is 405 g/mol. The number of carbonyl (C=O) groups is 1. The molecule has 0 bridgehead atoms. The number of hydrogen-bond acceptors (Lipinski definition) is 4. The molecule has 0 amide bonds. The van der Waals surface area contributed by atoms with Gasteiger partial charge in [0.2, 0.25) is 0 Å². The Hall–Kier alpha value is -1.91. The number of hydrogen-bond donors (Lipinski definition) is 1. The van der Waals surface area contributed by atoms with Gasteiger partial charge in [-0.1, -0.05) is 24.6 Å². The van der Waals surface area contributed by atoms with Gasteiger partial charge < -0.3 is 15.2 Å². The number of ketones is 1. The molecule has 4 atom stereocenters. The standard InChI is InChI=1S/C26H31NO3/c1-25-15-21(16-2-5-18(27)6-3-16)24-19-10-11-26(29-12-13-30-26)14-17(19)4-7-20(24)22(25)8-9-23(25)28/h2-3,5-6,14,20-22H,4,7-13,15,27H2,1H3/t20?,21?,22?,25-/m0/s1. The first-order valence-electron chi connectivity index (χ1n) is 11.6. The highest BCUT2D eigenvalue weighted by Crippen LogP contribution is 2.63. The lowest BCUT2D eigenvalue weighted by molar-refractivity contribution is -0.128. The fourth-order valence-corrected chi connectivity index (χ4v) is 7.28. The molecule has 2 saturated carbocycles. The van der Waals surface area contributed by atoms with Crippen LogP contribution in [0, 0.1) is 17.3 Å². The first kappa shape index (κ1) is 18.8. The largest absolute Gasteiger partial charge is 0.399 e. The summed E-state index contributed by atoms with van der Waals surface area (Å²) in [6, 6.07) is 8.38. The number of carbonyl (C=O) groups excluding carboxylic acids is 1. The molecule has 1 saturated heterocycles. The fourth-order valence-electron chi connectivity index (χ4n) is 7.28. The van der Waals surface area contributed by atoms with Crippen molar-refractivity contribution in [2.45, 2.75) is 63.6 Å². The Balaban J connectivity index is 1.50. The number of allylic oxidation sites excluding steroid dienone is 3. The van der Waals surface area contributed by atoms with Crippen LogP contribution >= 0.6 is 0 Å². The van der Waals surface area contributed by atoms with Crippen molar-refractivity contribution in [3.8, 4) is 0 Å². The van der Waals surface area contributed by atoms with Gasteiger partial charge >= 0.3 is 0 Å². The maximum absolute atomic E-state index is 13.0. The van der Waals surface area contributed by atoms with E-state index in [2.05, 4.69) is 25.1 Å². The summed E-state index contributed by atoms with van der Waals surface area (Å²) in [7, 11) is 0. The van der Waals surface area contributed by atoms with E-state index in [0.717, 1.165) is 50.6 Å².